The first-order valence-corrected chi connectivity index (χ1v) is 5.87. The van der Waals surface area contributed by atoms with Crippen LogP contribution >= 0.6 is 0 Å². The molecule has 2 heterocycles. The number of ether oxygens (including phenoxy) is 1. The molecule has 0 aromatic rings. The Morgan fingerprint density at radius 2 is 2.27 bits per heavy atom. The lowest BCUT2D eigenvalue weighted by Gasteiger charge is -2.33. The molecule has 1 amide bonds. The van der Waals surface area contributed by atoms with Crippen molar-refractivity contribution in [2.45, 2.75) is 37.8 Å². The number of amides is 1. The molecule has 4 heteroatoms. The molecule has 2 rings (SSSR count). The zero-order valence-electron chi connectivity index (χ0n) is 9.37. The van der Waals surface area contributed by atoms with Crippen LogP contribution in [0, 0.1) is 0 Å². The van der Waals surface area contributed by atoms with Gasteiger partial charge in [-0.05, 0) is 32.2 Å². The molecule has 2 aliphatic heterocycles. The highest BCUT2D eigenvalue weighted by molar-refractivity contribution is 5.82. The van der Waals surface area contributed by atoms with Gasteiger partial charge in [0.2, 0.25) is 5.91 Å². The van der Waals surface area contributed by atoms with E-state index in [1.165, 1.54) is 12.8 Å². The molecular formula is C11H20N2O2. The number of hydrogen-bond acceptors (Lipinski definition) is 3. The highest BCUT2D eigenvalue weighted by Gasteiger charge is 2.28. The summed E-state index contributed by atoms with van der Waals surface area (Å²) in [5.74, 6) is 0.218. The van der Waals surface area contributed by atoms with E-state index in [0.717, 1.165) is 32.5 Å². The molecule has 1 unspecified atom stereocenters. The summed E-state index contributed by atoms with van der Waals surface area (Å²) in [7, 11) is 1.88. The third-order valence-electron chi connectivity index (χ3n) is 3.25. The van der Waals surface area contributed by atoms with Crippen LogP contribution in [0.2, 0.25) is 0 Å². The first-order valence-electron chi connectivity index (χ1n) is 5.87. The molecule has 0 radical (unpaired) electrons. The normalized spacial score (nSPS) is 30.7. The van der Waals surface area contributed by atoms with Crippen LogP contribution in [-0.4, -0.2) is 49.7 Å². The van der Waals surface area contributed by atoms with Crippen molar-refractivity contribution in [2.24, 2.45) is 0 Å². The topological polar surface area (TPSA) is 41.6 Å². The molecule has 0 spiro atoms. The summed E-state index contributed by atoms with van der Waals surface area (Å²) >= 11 is 0. The lowest BCUT2D eigenvalue weighted by atomic mass is 10.1. The summed E-state index contributed by atoms with van der Waals surface area (Å²) in [6.45, 7) is 2.58. The van der Waals surface area contributed by atoms with E-state index in [2.05, 4.69) is 5.32 Å². The van der Waals surface area contributed by atoms with Gasteiger partial charge in [0, 0.05) is 20.2 Å². The van der Waals surface area contributed by atoms with Gasteiger partial charge in [-0.1, -0.05) is 0 Å². The van der Waals surface area contributed by atoms with E-state index in [1.807, 2.05) is 11.9 Å². The summed E-state index contributed by atoms with van der Waals surface area (Å²) in [6.07, 6.45) is 4.73. The number of likely N-dealkylation sites (N-methyl/N-ethyl adjacent to an activating group) is 1. The standard InChI is InChI=1S/C11H20N2O2/c1-13(11(14)10-5-6-12-10)8-9-4-2-3-7-15-9/h9-10,12H,2-8H2,1H3/t9?,10-/m1/s1. The summed E-state index contributed by atoms with van der Waals surface area (Å²) in [5, 5.41) is 3.13. The van der Waals surface area contributed by atoms with Crippen LogP contribution in [0.25, 0.3) is 0 Å². The van der Waals surface area contributed by atoms with E-state index in [-0.39, 0.29) is 18.1 Å². The van der Waals surface area contributed by atoms with Gasteiger partial charge in [0.05, 0.1) is 12.1 Å². The van der Waals surface area contributed by atoms with Gasteiger partial charge in [-0.2, -0.15) is 0 Å². The maximum atomic E-state index is 11.8. The summed E-state index contributed by atoms with van der Waals surface area (Å²) in [6, 6.07) is 0.0681. The fraction of sp³-hybridized carbons (Fsp3) is 0.909. The van der Waals surface area contributed by atoms with Crippen LogP contribution in [0.5, 0.6) is 0 Å². The van der Waals surface area contributed by atoms with E-state index >= 15 is 0 Å². The molecule has 2 atom stereocenters. The van der Waals surface area contributed by atoms with Crippen LogP contribution in [-0.2, 0) is 9.53 Å². The Morgan fingerprint density at radius 3 is 2.80 bits per heavy atom. The maximum Gasteiger partial charge on any atom is 0.239 e. The second-order valence-corrected chi connectivity index (χ2v) is 4.50. The van der Waals surface area contributed by atoms with E-state index in [9.17, 15) is 4.79 Å². The molecule has 86 valence electrons. The molecule has 2 fully saturated rings. The summed E-state index contributed by atoms with van der Waals surface area (Å²) < 4.78 is 5.62. The third-order valence-corrected chi connectivity index (χ3v) is 3.25. The SMILES string of the molecule is CN(CC1CCCCO1)C(=O)[C@H]1CCN1. The number of carbonyl (C=O) groups excluding carboxylic acids is 1. The molecule has 0 aromatic heterocycles. The minimum absolute atomic E-state index is 0.0681. The Labute approximate surface area is 91.0 Å². The van der Waals surface area contributed by atoms with Gasteiger partial charge >= 0.3 is 0 Å². The van der Waals surface area contributed by atoms with Crippen LogP contribution in [0.4, 0.5) is 0 Å². The molecule has 0 aromatic carbocycles. The molecule has 2 saturated heterocycles. The first kappa shape index (κ1) is 10.9. The molecule has 0 aliphatic carbocycles. The number of carbonyl (C=O) groups is 1. The second-order valence-electron chi connectivity index (χ2n) is 4.50. The highest BCUT2D eigenvalue weighted by atomic mass is 16.5. The van der Waals surface area contributed by atoms with Gasteiger partial charge in [0.15, 0.2) is 0 Å². The van der Waals surface area contributed by atoms with Gasteiger partial charge in [-0.25, -0.2) is 0 Å². The molecule has 0 bridgehead atoms. The smallest absolute Gasteiger partial charge is 0.239 e. The lowest BCUT2D eigenvalue weighted by molar-refractivity contribution is -0.136. The fourth-order valence-electron chi connectivity index (χ4n) is 2.11. The van der Waals surface area contributed by atoms with E-state index in [1.54, 1.807) is 0 Å². The number of nitrogens with one attached hydrogen (secondary N) is 1. The van der Waals surface area contributed by atoms with Gasteiger partial charge < -0.3 is 15.0 Å². The van der Waals surface area contributed by atoms with Gasteiger partial charge in [-0.3, -0.25) is 4.79 Å². The molecule has 15 heavy (non-hydrogen) atoms. The summed E-state index contributed by atoms with van der Waals surface area (Å²) in [5.41, 5.74) is 0. The minimum Gasteiger partial charge on any atom is -0.376 e. The maximum absolute atomic E-state index is 11.8. The van der Waals surface area contributed by atoms with Crippen LogP contribution in [0.15, 0.2) is 0 Å². The largest absolute Gasteiger partial charge is 0.376 e. The van der Waals surface area contributed by atoms with Crippen molar-refractivity contribution in [1.82, 2.24) is 10.2 Å². The quantitative estimate of drug-likeness (QED) is 0.735. The van der Waals surface area contributed by atoms with E-state index < -0.39 is 0 Å². The second kappa shape index (κ2) is 4.94. The molecule has 2 aliphatic rings. The molecular weight excluding hydrogens is 192 g/mol. The molecule has 0 saturated carbocycles. The zero-order valence-corrected chi connectivity index (χ0v) is 9.37. The predicted molar refractivity (Wildman–Crippen MR) is 57.6 cm³/mol. The zero-order chi connectivity index (χ0) is 10.7. The van der Waals surface area contributed by atoms with E-state index in [4.69, 9.17) is 4.74 Å². The van der Waals surface area contributed by atoms with Crippen molar-refractivity contribution in [3.05, 3.63) is 0 Å². The Balaban J connectivity index is 1.74. The lowest BCUT2D eigenvalue weighted by Crippen LogP contribution is -2.54. The van der Waals surface area contributed by atoms with Crippen molar-refractivity contribution in [2.75, 3.05) is 26.7 Å². The Morgan fingerprint density at radius 1 is 1.47 bits per heavy atom. The monoisotopic (exact) mass is 212 g/mol. The number of rotatable bonds is 3. The van der Waals surface area contributed by atoms with Crippen LogP contribution < -0.4 is 5.32 Å². The predicted octanol–water partition coefficient (Wildman–Crippen LogP) is 0.376. The van der Waals surface area contributed by atoms with E-state index in [0.29, 0.717) is 0 Å². The van der Waals surface area contributed by atoms with Crippen molar-refractivity contribution in [3.8, 4) is 0 Å². The highest BCUT2D eigenvalue weighted by Crippen LogP contribution is 2.14. The average Bonchev–Trinajstić information content (AvgIpc) is 2.16. The van der Waals surface area contributed by atoms with Crippen molar-refractivity contribution >= 4 is 5.91 Å². The molecule has 4 nitrogen and oxygen atoms in total. The Bertz CT molecular complexity index is 223. The van der Waals surface area contributed by atoms with Crippen molar-refractivity contribution in [1.29, 1.82) is 0 Å². The van der Waals surface area contributed by atoms with Gasteiger partial charge in [0.25, 0.3) is 0 Å². The first-order chi connectivity index (χ1) is 7.27. The number of hydrogen-bond donors (Lipinski definition) is 1. The summed E-state index contributed by atoms with van der Waals surface area (Å²) in [4.78, 5) is 13.6. The van der Waals surface area contributed by atoms with Crippen molar-refractivity contribution in [3.63, 3.8) is 0 Å². The van der Waals surface area contributed by atoms with Crippen molar-refractivity contribution < 1.29 is 9.53 Å². The van der Waals surface area contributed by atoms with Crippen LogP contribution in [0.1, 0.15) is 25.7 Å². The molecule has 1 N–H and O–H groups in total. The van der Waals surface area contributed by atoms with Gasteiger partial charge in [0.1, 0.15) is 0 Å². The van der Waals surface area contributed by atoms with Crippen LogP contribution in [0.3, 0.4) is 0 Å². The van der Waals surface area contributed by atoms with Gasteiger partial charge in [-0.15, -0.1) is 0 Å². The Hall–Kier alpha value is -0.610. The third kappa shape index (κ3) is 2.69. The minimum atomic E-state index is 0.0681. The number of nitrogens with zero attached hydrogens (tertiary/aromatic N) is 1. The average molecular weight is 212 g/mol. The fourth-order valence-corrected chi connectivity index (χ4v) is 2.11. The Kier molecular flexibility index (Phi) is 3.59.